The number of piperidine rings is 1. The Morgan fingerprint density at radius 1 is 1.59 bits per heavy atom. The van der Waals surface area contributed by atoms with Crippen molar-refractivity contribution in [1.29, 1.82) is 0 Å². The van der Waals surface area contributed by atoms with Gasteiger partial charge in [0.05, 0.1) is 5.92 Å². The van der Waals surface area contributed by atoms with Gasteiger partial charge in [-0.1, -0.05) is 5.16 Å². The molecule has 2 heterocycles. The van der Waals surface area contributed by atoms with E-state index in [2.05, 4.69) is 9.68 Å². The fraction of sp³-hybridized carbons (Fsp3) is 0.500. The number of carboxylic acid groups (broad SMARTS) is 1. The maximum Gasteiger partial charge on any atom is 0.308 e. The van der Waals surface area contributed by atoms with Gasteiger partial charge >= 0.3 is 5.97 Å². The van der Waals surface area contributed by atoms with Gasteiger partial charge in [-0.15, -0.1) is 0 Å². The summed E-state index contributed by atoms with van der Waals surface area (Å²) in [7, 11) is 0. The number of hydrazine groups is 1. The van der Waals surface area contributed by atoms with Gasteiger partial charge in [-0.2, -0.15) is 0 Å². The van der Waals surface area contributed by atoms with E-state index in [4.69, 9.17) is 10.9 Å². The van der Waals surface area contributed by atoms with E-state index in [-0.39, 0.29) is 5.69 Å². The van der Waals surface area contributed by atoms with Crippen molar-refractivity contribution in [3.63, 3.8) is 0 Å². The fourth-order valence-electron chi connectivity index (χ4n) is 2.10. The van der Waals surface area contributed by atoms with Crippen LogP contribution in [0.25, 0.3) is 0 Å². The van der Waals surface area contributed by atoms with Crippen LogP contribution in [0.2, 0.25) is 0 Å². The summed E-state index contributed by atoms with van der Waals surface area (Å²) in [5.41, 5.74) is 0.110. The topological polar surface area (TPSA) is 110 Å². The van der Waals surface area contributed by atoms with Gasteiger partial charge in [-0.05, 0) is 12.8 Å². The molecular formula is C10H13N3O4. The second kappa shape index (κ2) is 4.64. The van der Waals surface area contributed by atoms with Crippen LogP contribution in [0, 0.1) is 5.92 Å². The Balaban J connectivity index is 2.25. The predicted octanol–water partition coefficient (Wildman–Crippen LogP) is -0.104. The van der Waals surface area contributed by atoms with Crippen LogP contribution in [0.15, 0.2) is 16.9 Å². The molecule has 0 aromatic carbocycles. The molecule has 1 fully saturated rings. The molecule has 0 aliphatic carbocycles. The van der Waals surface area contributed by atoms with E-state index in [0.29, 0.717) is 19.4 Å². The largest absolute Gasteiger partial charge is 0.481 e. The van der Waals surface area contributed by atoms with E-state index in [9.17, 15) is 9.59 Å². The van der Waals surface area contributed by atoms with Gasteiger partial charge < -0.3 is 9.63 Å². The molecule has 0 radical (unpaired) electrons. The Bertz CT molecular complexity index is 417. The highest BCUT2D eigenvalue weighted by Crippen LogP contribution is 2.24. The number of rotatable bonds is 3. The quantitative estimate of drug-likeness (QED) is 0.559. The van der Waals surface area contributed by atoms with Gasteiger partial charge in [-0.3, -0.25) is 15.4 Å². The lowest BCUT2D eigenvalue weighted by Gasteiger charge is -2.34. The first-order valence-electron chi connectivity index (χ1n) is 5.30. The average molecular weight is 239 g/mol. The third kappa shape index (κ3) is 2.20. The summed E-state index contributed by atoms with van der Waals surface area (Å²) in [4.78, 5) is 23.2. The molecule has 0 spiro atoms. The normalized spacial score (nSPS) is 25.7. The van der Waals surface area contributed by atoms with Gasteiger partial charge in [0.25, 0.3) is 0 Å². The van der Waals surface area contributed by atoms with Crippen molar-refractivity contribution in [3.8, 4) is 0 Å². The van der Waals surface area contributed by atoms with Crippen molar-refractivity contribution in [3.05, 3.63) is 18.0 Å². The number of nitrogens with two attached hydrogens (primary N) is 1. The SMILES string of the molecule is NN1CCCC(C(=O)O)C1C(=O)c1ccon1. The predicted molar refractivity (Wildman–Crippen MR) is 55.9 cm³/mol. The van der Waals surface area contributed by atoms with Gasteiger partial charge in [0.2, 0.25) is 5.78 Å². The second-order valence-corrected chi connectivity index (χ2v) is 4.02. The van der Waals surface area contributed by atoms with Crippen molar-refractivity contribution in [2.75, 3.05) is 6.54 Å². The maximum atomic E-state index is 12.1. The highest BCUT2D eigenvalue weighted by Gasteiger charge is 2.40. The average Bonchev–Trinajstić information content (AvgIpc) is 2.81. The van der Waals surface area contributed by atoms with Crippen LogP contribution < -0.4 is 5.84 Å². The fourth-order valence-corrected chi connectivity index (χ4v) is 2.10. The zero-order chi connectivity index (χ0) is 12.4. The molecule has 7 nitrogen and oxygen atoms in total. The molecule has 0 amide bonds. The molecule has 1 saturated heterocycles. The Kier molecular flexibility index (Phi) is 3.21. The Morgan fingerprint density at radius 3 is 2.94 bits per heavy atom. The number of nitrogens with zero attached hydrogens (tertiary/aromatic N) is 2. The molecule has 17 heavy (non-hydrogen) atoms. The lowest BCUT2D eigenvalue weighted by molar-refractivity contribution is -0.145. The molecule has 92 valence electrons. The highest BCUT2D eigenvalue weighted by atomic mass is 16.5. The van der Waals surface area contributed by atoms with Crippen LogP contribution >= 0.6 is 0 Å². The van der Waals surface area contributed by atoms with Crippen LogP contribution in [0.3, 0.4) is 0 Å². The van der Waals surface area contributed by atoms with Gasteiger partial charge in [0.15, 0.2) is 5.69 Å². The summed E-state index contributed by atoms with van der Waals surface area (Å²) in [6.45, 7) is 0.498. The highest BCUT2D eigenvalue weighted by molar-refractivity contribution is 6.00. The monoisotopic (exact) mass is 239 g/mol. The van der Waals surface area contributed by atoms with E-state index < -0.39 is 23.7 Å². The number of aromatic nitrogens is 1. The number of hydrogen-bond donors (Lipinski definition) is 2. The number of carboxylic acids is 1. The molecule has 1 aliphatic heterocycles. The Hall–Kier alpha value is -1.73. The summed E-state index contributed by atoms with van der Waals surface area (Å²) < 4.78 is 4.58. The van der Waals surface area contributed by atoms with Crippen molar-refractivity contribution in [1.82, 2.24) is 10.2 Å². The van der Waals surface area contributed by atoms with Crippen LogP contribution in [0.1, 0.15) is 23.3 Å². The Labute approximate surface area is 97.1 Å². The van der Waals surface area contributed by atoms with Gasteiger partial charge in [0, 0.05) is 12.6 Å². The minimum Gasteiger partial charge on any atom is -0.481 e. The van der Waals surface area contributed by atoms with Gasteiger partial charge in [0.1, 0.15) is 12.3 Å². The van der Waals surface area contributed by atoms with Crippen LogP contribution in [-0.2, 0) is 4.79 Å². The molecule has 2 rings (SSSR count). The first-order chi connectivity index (χ1) is 8.11. The molecule has 7 heteroatoms. The van der Waals surface area contributed by atoms with Gasteiger partial charge in [-0.25, -0.2) is 5.01 Å². The number of hydrogen-bond acceptors (Lipinski definition) is 6. The lowest BCUT2D eigenvalue weighted by atomic mass is 9.87. The number of carbonyl (C=O) groups excluding carboxylic acids is 1. The van der Waals surface area contributed by atoms with Crippen molar-refractivity contribution >= 4 is 11.8 Å². The number of aliphatic carboxylic acids is 1. The first kappa shape index (κ1) is 11.7. The molecule has 2 atom stereocenters. The van der Waals surface area contributed by atoms with E-state index in [0.717, 1.165) is 0 Å². The minimum absolute atomic E-state index is 0.110. The zero-order valence-electron chi connectivity index (χ0n) is 9.07. The van der Waals surface area contributed by atoms with Crippen molar-refractivity contribution in [2.24, 2.45) is 11.8 Å². The summed E-state index contributed by atoms with van der Waals surface area (Å²) in [6, 6.07) is 0.537. The lowest BCUT2D eigenvalue weighted by Crippen LogP contribution is -2.55. The number of ketones is 1. The standard InChI is InChI=1S/C10H13N3O4/c11-13-4-1-2-6(10(15)16)8(13)9(14)7-3-5-17-12-7/h3,5-6,8H,1-2,4,11H2,(H,15,16). The van der Waals surface area contributed by atoms with Crippen molar-refractivity contribution in [2.45, 2.75) is 18.9 Å². The van der Waals surface area contributed by atoms with E-state index in [1.165, 1.54) is 17.3 Å². The summed E-state index contributed by atoms with van der Waals surface area (Å²) in [5, 5.41) is 13.9. The molecule has 0 bridgehead atoms. The second-order valence-electron chi connectivity index (χ2n) is 4.02. The first-order valence-corrected chi connectivity index (χ1v) is 5.30. The van der Waals surface area contributed by atoms with Crippen LogP contribution in [0.4, 0.5) is 0 Å². The van der Waals surface area contributed by atoms with Crippen LogP contribution in [-0.4, -0.2) is 39.6 Å². The molecule has 3 N–H and O–H groups in total. The Morgan fingerprint density at radius 2 is 2.35 bits per heavy atom. The summed E-state index contributed by atoms with van der Waals surface area (Å²) >= 11 is 0. The van der Waals surface area contributed by atoms with Crippen LogP contribution in [0.5, 0.6) is 0 Å². The van der Waals surface area contributed by atoms with E-state index >= 15 is 0 Å². The number of Topliss-reactive ketones (excluding diaryl/α,β-unsaturated/α-hetero) is 1. The summed E-state index contributed by atoms with van der Waals surface area (Å²) in [5.74, 6) is 3.49. The molecule has 1 aliphatic rings. The van der Waals surface area contributed by atoms with Crippen molar-refractivity contribution < 1.29 is 19.2 Å². The molecular weight excluding hydrogens is 226 g/mol. The molecule has 1 aromatic rings. The molecule has 2 unspecified atom stereocenters. The minimum atomic E-state index is -1.01. The third-order valence-electron chi connectivity index (χ3n) is 2.95. The van der Waals surface area contributed by atoms with E-state index in [1.54, 1.807) is 0 Å². The summed E-state index contributed by atoms with van der Waals surface area (Å²) in [6.07, 6.45) is 2.38. The third-order valence-corrected chi connectivity index (χ3v) is 2.95. The zero-order valence-corrected chi connectivity index (χ0v) is 9.07. The molecule has 1 aromatic heterocycles. The van der Waals surface area contributed by atoms with E-state index in [1.807, 2.05) is 0 Å². The molecule has 0 saturated carbocycles. The smallest absolute Gasteiger partial charge is 0.308 e. The maximum absolute atomic E-state index is 12.1. The number of carbonyl (C=O) groups is 2.